The molecule has 0 aliphatic heterocycles. The van der Waals surface area contributed by atoms with E-state index < -0.39 is 0 Å². The number of hydrogen-bond donors (Lipinski definition) is 1. The minimum absolute atomic E-state index is 0.458. The fraction of sp³-hybridized carbons (Fsp3) is 0.667. The van der Waals surface area contributed by atoms with Crippen LogP contribution in [0.25, 0.3) is 0 Å². The van der Waals surface area contributed by atoms with Crippen LogP contribution < -0.4 is 5.32 Å². The van der Waals surface area contributed by atoms with E-state index in [9.17, 15) is 0 Å². The van der Waals surface area contributed by atoms with E-state index in [0.29, 0.717) is 12.1 Å². The lowest BCUT2D eigenvalue weighted by Crippen LogP contribution is -2.37. The number of thioether (sulfide) groups is 1. The fourth-order valence-corrected chi connectivity index (χ4v) is 4.82. The molecule has 0 radical (unpaired) electrons. The van der Waals surface area contributed by atoms with Crippen molar-refractivity contribution in [3.8, 4) is 0 Å². The van der Waals surface area contributed by atoms with Crippen molar-refractivity contribution in [3.63, 3.8) is 0 Å². The van der Waals surface area contributed by atoms with Gasteiger partial charge in [-0.15, -0.1) is 11.8 Å². The van der Waals surface area contributed by atoms with Gasteiger partial charge in [-0.2, -0.15) is 0 Å². The molecule has 1 aromatic rings. The maximum absolute atomic E-state index is 3.85. The number of hydrogen-bond acceptors (Lipinski definition) is 2. The molecule has 0 amide bonds. The van der Waals surface area contributed by atoms with Gasteiger partial charge < -0.3 is 5.32 Å². The first-order valence-electron chi connectivity index (χ1n) is 8.07. The lowest BCUT2D eigenvalue weighted by atomic mass is 9.83. The highest BCUT2D eigenvalue weighted by molar-refractivity contribution is 7.98. The molecule has 2 bridgehead atoms. The molecule has 5 unspecified atom stereocenters. The summed E-state index contributed by atoms with van der Waals surface area (Å²) < 4.78 is 0. The van der Waals surface area contributed by atoms with Crippen molar-refractivity contribution in [1.29, 1.82) is 0 Å². The van der Waals surface area contributed by atoms with Gasteiger partial charge in [0.2, 0.25) is 0 Å². The normalized spacial score (nSPS) is 31.4. The Hall–Kier alpha value is -0.470. The van der Waals surface area contributed by atoms with Crippen molar-refractivity contribution in [2.45, 2.75) is 56.5 Å². The summed E-state index contributed by atoms with van der Waals surface area (Å²) in [5.41, 5.74) is 1.41. The van der Waals surface area contributed by atoms with Gasteiger partial charge >= 0.3 is 0 Å². The van der Waals surface area contributed by atoms with Crippen molar-refractivity contribution >= 4 is 11.8 Å². The zero-order valence-corrected chi connectivity index (χ0v) is 13.7. The summed E-state index contributed by atoms with van der Waals surface area (Å²) >= 11 is 1.81. The Morgan fingerprint density at radius 1 is 1.10 bits per heavy atom. The Labute approximate surface area is 127 Å². The van der Waals surface area contributed by atoms with E-state index in [1.165, 1.54) is 36.1 Å². The zero-order valence-electron chi connectivity index (χ0n) is 12.9. The lowest BCUT2D eigenvalue weighted by Gasteiger charge is -2.31. The maximum Gasteiger partial charge on any atom is 0.0294 e. The summed E-state index contributed by atoms with van der Waals surface area (Å²) in [6.45, 7) is 4.70. The van der Waals surface area contributed by atoms with Crippen molar-refractivity contribution < 1.29 is 0 Å². The van der Waals surface area contributed by atoms with Gasteiger partial charge in [-0.1, -0.05) is 18.6 Å². The van der Waals surface area contributed by atoms with Crippen LogP contribution in [0.3, 0.4) is 0 Å². The van der Waals surface area contributed by atoms with Gasteiger partial charge in [-0.25, -0.2) is 0 Å². The molecule has 2 aliphatic carbocycles. The number of benzene rings is 1. The van der Waals surface area contributed by atoms with Crippen molar-refractivity contribution in [2.24, 2.45) is 17.8 Å². The van der Waals surface area contributed by atoms with Crippen LogP contribution in [-0.2, 0) is 0 Å². The minimum atomic E-state index is 0.458. The van der Waals surface area contributed by atoms with Gasteiger partial charge in [0.05, 0.1) is 0 Å². The first-order chi connectivity index (χ1) is 9.67. The second kappa shape index (κ2) is 6.11. The summed E-state index contributed by atoms with van der Waals surface area (Å²) in [6, 6.07) is 10.1. The molecule has 0 saturated heterocycles. The quantitative estimate of drug-likeness (QED) is 0.775. The molecule has 1 nitrogen and oxygen atoms in total. The molecule has 20 heavy (non-hydrogen) atoms. The zero-order chi connectivity index (χ0) is 14.1. The summed E-state index contributed by atoms with van der Waals surface area (Å²) in [7, 11) is 0. The van der Waals surface area contributed by atoms with Crippen LogP contribution >= 0.6 is 11.8 Å². The van der Waals surface area contributed by atoms with E-state index >= 15 is 0 Å². The third kappa shape index (κ3) is 2.92. The van der Waals surface area contributed by atoms with E-state index in [0.717, 1.165) is 17.8 Å². The van der Waals surface area contributed by atoms with E-state index in [1.54, 1.807) is 0 Å². The lowest BCUT2D eigenvalue weighted by molar-refractivity contribution is 0.248. The van der Waals surface area contributed by atoms with Crippen LogP contribution in [0.1, 0.15) is 51.1 Å². The van der Waals surface area contributed by atoms with E-state index in [2.05, 4.69) is 49.7 Å². The maximum atomic E-state index is 3.85. The third-order valence-electron chi connectivity index (χ3n) is 5.56. The predicted molar refractivity (Wildman–Crippen MR) is 88.2 cm³/mol. The molecule has 110 valence electrons. The molecule has 0 spiro atoms. The smallest absolute Gasteiger partial charge is 0.0294 e. The van der Waals surface area contributed by atoms with Crippen molar-refractivity contribution in [1.82, 2.24) is 5.32 Å². The van der Waals surface area contributed by atoms with Crippen LogP contribution in [0.4, 0.5) is 0 Å². The Morgan fingerprint density at radius 2 is 1.85 bits per heavy atom. The van der Waals surface area contributed by atoms with Gasteiger partial charge in [-0.3, -0.25) is 0 Å². The molecular formula is C18H27NS. The molecular weight excluding hydrogens is 262 g/mol. The van der Waals surface area contributed by atoms with Crippen LogP contribution in [0.2, 0.25) is 0 Å². The van der Waals surface area contributed by atoms with Crippen molar-refractivity contribution in [3.05, 3.63) is 29.8 Å². The topological polar surface area (TPSA) is 12.0 Å². The second-order valence-corrected chi connectivity index (χ2v) is 7.67. The Bertz CT molecular complexity index is 441. The van der Waals surface area contributed by atoms with Gasteiger partial charge in [0.1, 0.15) is 0 Å². The number of rotatable bonds is 5. The van der Waals surface area contributed by atoms with E-state index in [-0.39, 0.29) is 0 Å². The van der Waals surface area contributed by atoms with Crippen LogP contribution in [-0.4, -0.2) is 12.3 Å². The average Bonchev–Trinajstić information content (AvgIpc) is 3.10. The largest absolute Gasteiger partial charge is 0.307 e. The first kappa shape index (κ1) is 14.5. The monoisotopic (exact) mass is 289 g/mol. The molecule has 0 aromatic heterocycles. The van der Waals surface area contributed by atoms with Crippen LogP contribution in [0.15, 0.2) is 29.2 Å². The Balaban J connectivity index is 1.58. The molecule has 2 fully saturated rings. The van der Waals surface area contributed by atoms with E-state index in [1.807, 2.05) is 11.8 Å². The van der Waals surface area contributed by atoms with Crippen LogP contribution in [0.5, 0.6) is 0 Å². The highest BCUT2D eigenvalue weighted by atomic mass is 32.2. The molecule has 0 heterocycles. The fourth-order valence-electron chi connectivity index (χ4n) is 4.41. The first-order valence-corrected chi connectivity index (χ1v) is 9.30. The van der Waals surface area contributed by atoms with Crippen LogP contribution in [0, 0.1) is 17.8 Å². The van der Waals surface area contributed by atoms with E-state index in [4.69, 9.17) is 0 Å². The summed E-state index contributed by atoms with van der Waals surface area (Å²) in [4.78, 5) is 1.35. The van der Waals surface area contributed by atoms with Crippen molar-refractivity contribution in [2.75, 3.05) is 6.26 Å². The molecule has 2 aliphatic rings. The highest BCUT2D eigenvalue weighted by Crippen LogP contribution is 2.49. The number of fused-ring (bicyclic) bond motifs is 2. The molecule has 2 saturated carbocycles. The predicted octanol–water partition coefficient (Wildman–Crippen LogP) is 4.88. The third-order valence-corrected chi connectivity index (χ3v) is 6.31. The highest BCUT2D eigenvalue weighted by Gasteiger charge is 2.41. The molecule has 1 aromatic carbocycles. The SMILES string of the molecule is CSc1ccc(C(C)NC(C)C2CC3CCC2C3)cc1. The average molecular weight is 289 g/mol. The summed E-state index contributed by atoms with van der Waals surface area (Å²) in [5.74, 6) is 2.97. The number of nitrogens with one attached hydrogen (secondary N) is 1. The Morgan fingerprint density at radius 3 is 2.40 bits per heavy atom. The Kier molecular flexibility index (Phi) is 4.42. The van der Waals surface area contributed by atoms with Gasteiger partial charge in [-0.05, 0) is 74.8 Å². The van der Waals surface area contributed by atoms with Gasteiger partial charge in [0, 0.05) is 17.0 Å². The van der Waals surface area contributed by atoms with Gasteiger partial charge in [0.15, 0.2) is 0 Å². The summed E-state index contributed by atoms with van der Waals surface area (Å²) in [6.07, 6.45) is 8.09. The molecule has 2 heteroatoms. The second-order valence-electron chi connectivity index (χ2n) is 6.79. The molecule has 1 N–H and O–H groups in total. The van der Waals surface area contributed by atoms with Gasteiger partial charge in [0.25, 0.3) is 0 Å². The molecule has 5 atom stereocenters. The molecule has 3 rings (SSSR count). The minimum Gasteiger partial charge on any atom is -0.307 e. The standard InChI is InChI=1S/C18H27NS/c1-12(15-6-8-17(20-3)9-7-15)19-13(2)18-11-14-4-5-16(18)10-14/h6-9,12-14,16,18-19H,4-5,10-11H2,1-3H3. The summed E-state index contributed by atoms with van der Waals surface area (Å²) in [5, 5.41) is 3.85.